The topological polar surface area (TPSA) is 46.5 Å². The van der Waals surface area contributed by atoms with Crippen molar-refractivity contribution in [2.45, 2.75) is 71.3 Å². The number of carbonyl (C=O) groups excluding carboxylic acids is 1. The van der Waals surface area contributed by atoms with E-state index in [2.05, 4.69) is 19.9 Å². The number of ketones is 1. The summed E-state index contributed by atoms with van der Waals surface area (Å²) in [7, 11) is 0. The van der Waals surface area contributed by atoms with E-state index in [4.69, 9.17) is 9.84 Å². The molecule has 4 aliphatic carbocycles. The molecule has 0 spiro atoms. The third kappa shape index (κ3) is 2.19. The summed E-state index contributed by atoms with van der Waals surface area (Å²) in [6.07, 6.45) is 11.3. The highest BCUT2D eigenvalue weighted by Crippen LogP contribution is 2.64. The van der Waals surface area contributed by atoms with Crippen molar-refractivity contribution in [1.29, 1.82) is 0 Å². The third-order valence-electron chi connectivity index (χ3n) is 8.08. The lowest BCUT2D eigenvalue weighted by atomic mass is 9.48. The summed E-state index contributed by atoms with van der Waals surface area (Å²) in [5, 5.41) is 9.05. The molecule has 0 aromatic carbocycles. The smallest absolute Gasteiger partial charge is 0.143 e. The summed E-state index contributed by atoms with van der Waals surface area (Å²) in [5.41, 5.74) is 1.84. The fourth-order valence-electron chi connectivity index (χ4n) is 6.65. The Bertz CT molecular complexity index is 539. The van der Waals surface area contributed by atoms with Crippen LogP contribution in [-0.4, -0.2) is 23.8 Å². The monoisotopic (exact) mass is 318 g/mol. The lowest BCUT2D eigenvalue weighted by molar-refractivity contribution is -0.132. The van der Waals surface area contributed by atoms with Crippen LogP contribution < -0.4 is 0 Å². The maximum absolute atomic E-state index is 12.4. The molecule has 0 saturated heterocycles. The molecule has 0 aromatic heterocycles. The summed E-state index contributed by atoms with van der Waals surface area (Å²) in [6.45, 7) is 4.55. The Morgan fingerprint density at radius 3 is 2.70 bits per heavy atom. The quantitative estimate of drug-likeness (QED) is 0.621. The van der Waals surface area contributed by atoms with Crippen LogP contribution in [0.3, 0.4) is 0 Å². The minimum atomic E-state index is -0.163. The molecule has 4 aliphatic rings. The number of hydrogen-bond acceptors (Lipinski definition) is 3. The normalized spacial score (nSPS) is 49.2. The molecular formula is C20H30O3. The predicted molar refractivity (Wildman–Crippen MR) is 88.7 cm³/mol. The van der Waals surface area contributed by atoms with Crippen LogP contribution >= 0.6 is 0 Å². The molecule has 0 amide bonds. The maximum Gasteiger partial charge on any atom is 0.143 e. The standard InChI is InChI=1S/C20H30O3/c1-19-9-7-14(23-12-21)11-13(19)3-4-15-16-5-6-18(22)20(16,2)10-8-17(15)19/h3,14-17,21H,4-12H2,1-2H3/t14?,15-,16-,17+,19-,20-/m0/s1. The van der Waals surface area contributed by atoms with Crippen LogP contribution in [0.1, 0.15) is 65.2 Å². The second kappa shape index (κ2) is 5.42. The summed E-state index contributed by atoms with van der Waals surface area (Å²) < 4.78 is 5.48. The van der Waals surface area contributed by atoms with Gasteiger partial charge in [-0.15, -0.1) is 0 Å². The molecule has 3 fully saturated rings. The van der Waals surface area contributed by atoms with Crippen molar-refractivity contribution >= 4 is 5.78 Å². The van der Waals surface area contributed by atoms with E-state index in [0.29, 0.717) is 23.0 Å². The highest BCUT2D eigenvalue weighted by atomic mass is 16.6. The Morgan fingerprint density at radius 2 is 1.91 bits per heavy atom. The fourth-order valence-corrected chi connectivity index (χ4v) is 6.65. The molecule has 0 aliphatic heterocycles. The zero-order valence-corrected chi connectivity index (χ0v) is 14.5. The molecule has 1 unspecified atom stereocenters. The number of allylic oxidation sites excluding steroid dienone is 1. The van der Waals surface area contributed by atoms with Crippen LogP contribution in [0, 0.1) is 28.6 Å². The van der Waals surface area contributed by atoms with E-state index in [0.717, 1.165) is 44.4 Å². The molecule has 23 heavy (non-hydrogen) atoms. The van der Waals surface area contributed by atoms with Gasteiger partial charge < -0.3 is 9.84 Å². The Hall–Kier alpha value is -0.670. The largest absolute Gasteiger partial charge is 0.371 e. The molecule has 3 heteroatoms. The average molecular weight is 318 g/mol. The van der Waals surface area contributed by atoms with Gasteiger partial charge in [-0.25, -0.2) is 0 Å². The van der Waals surface area contributed by atoms with Crippen molar-refractivity contribution < 1.29 is 14.6 Å². The molecule has 128 valence electrons. The summed E-state index contributed by atoms with van der Waals surface area (Å²) in [6, 6.07) is 0. The second-order valence-electron chi connectivity index (χ2n) is 8.84. The molecule has 1 N–H and O–H groups in total. The molecule has 0 aromatic rings. The van der Waals surface area contributed by atoms with Gasteiger partial charge in [-0.1, -0.05) is 25.5 Å². The number of aliphatic hydroxyl groups is 1. The van der Waals surface area contributed by atoms with Gasteiger partial charge >= 0.3 is 0 Å². The molecule has 3 saturated carbocycles. The van der Waals surface area contributed by atoms with E-state index < -0.39 is 0 Å². The minimum absolute atomic E-state index is 0.0277. The molecule has 0 bridgehead atoms. The number of ether oxygens (including phenoxy) is 1. The molecule has 4 rings (SSSR count). The van der Waals surface area contributed by atoms with E-state index >= 15 is 0 Å². The zero-order chi connectivity index (χ0) is 16.2. The van der Waals surface area contributed by atoms with Gasteiger partial charge in [0.25, 0.3) is 0 Å². The van der Waals surface area contributed by atoms with E-state index in [1.165, 1.54) is 12.8 Å². The highest BCUT2D eigenvalue weighted by Gasteiger charge is 2.58. The van der Waals surface area contributed by atoms with Gasteiger partial charge in [0.2, 0.25) is 0 Å². The van der Waals surface area contributed by atoms with Gasteiger partial charge in [-0.05, 0) is 68.1 Å². The van der Waals surface area contributed by atoms with Gasteiger partial charge in [0.1, 0.15) is 12.6 Å². The summed E-state index contributed by atoms with van der Waals surface area (Å²) >= 11 is 0. The first kappa shape index (κ1) is 15.8. The Kier molecular flexibility index (Phi) is 3.73. The molecule has 6 atom stereocenters. The Labute approximate surface area is 139 Å². The van der Waals surface area contributed by atoms with E-state index in [9.17, 15) is 4.79 Å². The average Bonchev–Trinajstić information content (AvgIpc) is 2.84. The number of rotatable bonds is 2. The van der Waals surface area contributed by atoms with Gasteiger partial charge in [-0.2, -0.15) is 0 Å². The number of carbonyl (C=O) groups is 1. The summed E-state index contributed by atoms with van der Waals surface area (Å²) in [5.74, 6) is 2.57. The first-order valence-electron chi connectivity index (χ1n) is 9.44. The molecule has 0 radical (unpaired) electrons. The third-order valence-corrected chi connectivity index (χ3v) is 8.08. The highest BCUT2D eigenvalue weighted by molar-refractivity contribution is 5.87. The predicted octanol–water partition coefficient (Wildman–Crippen LogP) is 3.85. The van der Waals surface area contributed by atoms with E-state index in [1.54, 1.807) is 5.57 Å². The van der Waals surface area contributed by atoms with Crippen LogP contribution in [0.4, 0.5) is 0 Å². The number of Topliss-reactive ketones (excluding diaryl/α,β-unsaturated/α-hetero) is 1. The van der Waals surface area contributed by atoms with E-state index in [1.807, 2.05) is 0 Å². The second-order valence-corrected chi connectivity index (χ2v) is 8.84. The maximum atomic E-state index is 12.4. The van der Waals surface area contributed by atoms with Crippen LogP contribution in [-0.2, 0) is 9.53 Å². The lowest BCUT2D eigenvalue weighted by Crippen LogP contribution is -2.50. The molecular weight excluding hydrogens is 288 g/mol. The van der Waals surface area contributed by atoms with Crippen molar-refractivity contribution in [2.75, 3.05) is 6.79 Å². The van der Waals surface area contributed by atoms with Crippen LogP contribution in [0.2, 0.25) is 0 Å². The van der Waals surface area contributed by atoms with E-state index in [-0.39, 0.29) is 18.3 Å². The summed E-state index contributed by atoms with van der Waals surface area (Å²) in [4.78, 5) is 12.4. The molecule has 0 heterocycles. The van der Waals surface area contributed by atoms with Crippen LogP contribution in [0.15, 0.2) is 11.6 Å². The SMILES string of the molecule is C[C@]12CCC(OCO)CC1=CC[C@@H]1[C@H]2CC[C@]2(C)C(=O)CC[C@@H]12. The van der Waals surface area contributed by atoms with Gasteiger partial charge in [0.15, 0.2) is 0 Å². The Morgan fingerprint density at radius 1 is 1.17 bits per heavy atom. The minimum Gasteiger partial charge on any atom is -0.371 e. The van der Waals surface area contributed by atoms with Crippen molar-refractivity contribution in [1.82, 2.24) is 0 Å². The van der Waals surface area contributed by atoms with Gasteiger partial charge in [-0.3, -0.25) is 4.79 Å². The zero-order valence-electron chi connectivity index (χ0n) is 14.5. The van der Waals surface area contributed by atoms with Crippen LogP contribution in [0.25, 0.3) is 0 Å². The van der Waals surface area contributed by atoms with Gasteiger partial charge in [0.05, 0.1) is 6.10 Å². The van der Waals surface area contributed by atoms with Crippen molar-refractivity contribution in [3.8, 4) is 0 Å². The van der Waals surface area contributed by atoms with Crippen molar-refractivity contribution in [3.63, 3.8) is 0 Å². The fraction of sp³-hybridized carbons (Fsp3) is 0.850. The van der Waals surface area contributed by atoms with Gasteiger partial charge in [0, 0.05) is 11.8 Å². The van der Waals surface area contributed by atoms with Crippen molar-refractivity contribution in [2.24, 2.45) is 28.6 Å². The number of hydrogen-bond donors (Lipinski definition) is 1. The van der Waals surface area contributed by atoms with Crippen LogP contribution in [0.5, 0.6) is 0 Å². The lowest BCUT2D eigenvalue weighted by Gasteiger charge is -2.57. The first-order valence-corrected chi connectivity index (χ1v) is 9.44. The Balaban J connectivity index is 1.61. The number of aliphatic hydroxyl groups excluding tert-OH is 1. The molecule has 3 nitrogen and oxygen atoms in total. The number of fused-ring (bicyclic) bond motifs is 5. The van der Waals surface area contributed by atoms with Crippen molar-refractivity contribution in [3.05, 3.63) is 11.6 Å². The first-order chi connectivity index (χ1) is 11.0.